The standard InChI is InChI=1S/C14H16ClFN4O/c15-11-2-1-3-12(16)10(11)8-13-18-14(21-19-13)9-20-6-4-17-5-7-20/h1-3,17H,4-9H2. The van der Waals surface area contributed by atoms with Gasteiger partial charge in [-0.25, -0.2) is 4.39 Å². The molecular weight excluding hydrogens is 295 g/mol. The van der Waals surface area contributed by atoms with Crippen LogP contribution in [-0.4, -0.2) is 41.2 Å². The molecule has 112 valence electrons. The lowest BCUT2D eigenvalue weighted by molar-refractivity contribution is 0.203. The van der Waals surface area contributed by atoms with Gasteiger partial charge < -0.3 is 9.84 Å². The third-order valence-electron chi connectivity index (χ3n) is 3.48. The summed E-state index contributed by atoms with van der Waals surface area (Å²) in [5, 5.41) is 7.57. The van der Waals surface area contributed by atoms with Crippen molar-refractivity contribution in [1.82, 2.24) is 20.4 Å². The lowest BCUT2D eigenvalue weighted by Gasteiger charge is -2.25. The summed E-state index contributed by atoms with van der Waals surface area (Å²) in [5.74, 6) is 0.655. The van der Waals surface area contributed by atoms with E-state index in [1.54, 1.807) is 12.1 Å². The minimum atomic E-state index is -0.351. The number of nitrogens with one attached hydrogen (secondary N) is 1. The molecule has 3 rings (SSSR count). The quantitative estimate of drug-likeness (QED) is 0.934. The number of nitrogens with zero attached hydrogens (tertiary/aromatic N) is 3. The van der Waals surface area contributed by atoms with E-state index in [0.29, 0.717) is 28.8 Å². The molecule has 0 radical (unpaired) electrons. The number of hydrogen-bond acceptors (Lipinski definition) is 5. The predicted molar refractivity (Wildman–Crippen MR) is 76.7 cm³/mol. The third kappa shape index (κ3) is 3.58. The molecule has 1 aromatic heterocycles. The molecule has 0 atom stereocenters. The summed E-state index contributed by atoms with van der Waals surface area (Å²) in [6, 6.07) is 4.61. The zero-order chi connectivity index (χ0) is 14.7. The molecule has 2 aromatic rings. The summed E-state index contributed by atoms with van der Waals surface area (Å²) >= 11 is 6.00. The van der Waals surface area contributed by atoms with Gasteiger partial charge in [0.2, 0.25) is 5.89 Å². The van der Waals surface area contributed by atoms with Crippen LogP contribution in [0.25, 0.3) is 0 Å². The van der Waals surface area contributed by atoms with Gasteiger partial charge in [0, 0.05) is 43.2 Å². The largest absolute Gasteiger partial charge is 0.338 e. The second kappa shape index (κ2) is 6.51. The Labute approximate surface area is 127 Å². The number of piperazine rings is 1. The molecule has 0 bridgehead atoms. The van der Waals surface area contributed by atoms with Gasteiger partial charge in [0.15, 0.2) is 5.82 Å². The summed E-state index contributed by atoms with van der Waals surface area (Å²) in [5.41, 5.74) is 0.397. The smallest absolute Gasteiger partial charge is 0.240 e. The highest BCUT2D eigenvalue weighted by molar-refractivity contribution is 6.31. The van der Waals surface area contributed by atoms with Gasteiger partial charge in [-0.15, -0.1) is 0 Å². The van der Waals surface area contributed by atoms with E-state index in [9.17, 15) is 4.39 Å². The van der Waals surface area contributed by atoms with Gasteiger partial charge in [0.1, 0.15) is 5.82 Å². The lowest BCUT2D eigenvalue weighted by Crippen LogP contribution is -2.42. The highest BCUT2D eigenvalue weighted by atomic mass is 35.5. The first kappa shape index (κ1) is 14.4. The zero-order valence-corrected chi connectivity index (χ0v) is 12.2. The maximum atomic E-state index is 13.7. The molecule has 5 nitrogen and oxygen atoms in total. The minimum absolute atomic E-state index is 0.233. The van der Waals surface area contributed by atoms with Crippen molar-refractivity contribution in [3.05, 3.63) is 46.3 Å². The second-order valence-electron chi connectivity index (χ2n) is 5.01. The van der Waals surface area contributed by atoms with Gasteiger partial charge in [-0.05, 0) is 12.1 Å². The molecule has 7 heteroatoms. The van der Waals surface area contributed by atoms with Crippen molar-refractivity contribution in [2.45, 2.75) is 13.0 Å². The van der Waals surface area contributed by atoms with E-state index < -0.39 is 0 Å². The Bertz CT molecular complexity index is 593. The Morgan fingerprint density at radius 1 is 1.33 bits per heavy atom. The van der Waals surface area contributed by atoms with Crippen LogP contribution in [0.1, 0.15) is 17.3 Å². The van der Waals surface area contributed by atoms with Crippen LogP contribution in [0.2, 0.25) is 5.02 Å². The monoisotopic (exact) mass is 310 g/mol. The average Bonchev–Trinajstić information content (AvgIpc) is 2.91. The lowest BCUT2D eigenvalue weighted by atomic mass is 10.1. The maximum absolute atomic E-state index is 13.7. The van der Waals surface area contributed by atoms with Crippen molar-refractivity contribution in [2.24, 2.45) is 0 Å². The van der Waals surface area contributed by atoms with Gasteiger partial charge in [-0.2, -0.15) is 4.98 Å². The molecular formula is C14H16ClFN4O. The van der Waals surface area contributed by atoms with Gasteiger partial charge >= 0.3 is 0 Å². The summed E-state index contributed by atoms with van der Waals surface area (Å²) in [4.78, 5) is 6.56. The average molecular weight is 311 g/mol. The number of rotatable bonds is 4. The van der Waals surface area contributed by atoms with Crippen molar-refractivity contribution in [3.63, 3.8) is 0 Å². The van der Waals surface area contributed by atoms with Crippen LogP contribution >= 0.6 is 11.6 Å². The fourth-order valence-electron chi connectivity index (χ4n) is 2.35. The highest BCUT2D eigenvalue weighted by Gasteiger charge is 2.16. The molecule has 0 aliphatic carbocycles. The number of aromatic nitrogens is 2. The highest BCUT2D eigenvalue weighted by Crippen LogP contribution is 2.21. The van der Waals surface area contributed by atoms with E-state index in [4.69, 9.17) is 16.1 Å². The molecule has 1 aliphatic rings. The van der Waals surface area contributed by atoms with Gasteiger partial charge in [0.25, 0.3) is 0 Å². The molecule has 1 aliphatic heterocycles. The van der Waals surface area contributed by atoms with Crippen LogP contribution in [0, 0.1) is 5.82 Å². The van der Waals surface area contributed by atoms with Gasteiger partial charge in [0.05, 0.1) is 6.54 Å². The first-order valence-electron chi connectivity index (χ1n) is 6.90. The Balaban J connectivity index is 1.67. The fraction of sp³-hybridized carbons (Fsp3) is 0.429. The van der Waals surface area contributed by atoms with Crippen LogP contribution in [-0.2, 0) is 13.0 Å². The topological polar surface area (TPSA) is 54.2 Å². The first-order valence-corrected chi connectivity index (χ1v) is 7.27. The Hall–Kier alpha value is -1.50. The predicted octanol–water partition coefficient (Wildman–Crippen LogP) is 1.86. The third-order valence-corrected chi connectivity index (χ3v) is 3.83. The van der Waals surface area contributed by atoms with E-state index in [0.717, 1.165) is 26.2 Å². The number of halogens is 2. The van der Waals surface area contributed by atoms with Crippen LogP contribution in [0.5, 0.6) is 0 Å². The van der Waals surface area contributed by atoms with Crippen molar-refractivity contribution in [2.75, 3.05) is 26.2 Å². The second-order valence-corrected chi connectivity index (χ2v) is 5.41. The first-order chi connectivity index (χ1) is 10.2. The SMILES string of the molecule is Fc1cccc(Cl)c1Cc1noc(CN2CCNCC2)n1. The van der Waals surface area contributed by atoms with E-state index in [1.165, 1.54) is 6.07 Å². The summed E-state index contributed by atoms with van der Waals surface area (Å²) in [7, 11) is 0. The Kier molecular flexibility index (Phi) is 4.48. The summed E-state index contributed by atoms with van der Waals surface area (Å²) in [6.45, 7) is 4.46. The van der Waals surface area contributed by atoms with E-state index in [1.807, 2.05) is 0 Å². The van der Waals surface area contributed by atoms with E-state index >= 15 is 0 Å². The van der Waals surface area contributed by atoms with Crippen LogP contribution in [0.15, 0.2) is 22.7 Å². The molecule has 1 aromatic carbocycles. The summed E-state index contributed by atoms with van der Waals surface area (Å²) < 4.78 is 19.0. The number of hydrogen-bond donors (Lipinski definition) is 1. The van der Waals surface area contributed by atoms with Crippen LogP contribution in [0.4, 0.5) is 4.39 Å². The molecule has 1 N–H and O–H groups in total. The molecule has 21 heavy (non-hydrogen) atoms. The van der Waals surface area contributed by atoms with Crippen LogP contribution < -0.4 is 5.32 Å². The Morgan fingerprint density at radius 2 is 2.14 bits per heavy atom. The summed E-state index contributed by atoms with van der Waals surface area (Å²) in [6.07, 6.45) is 0.233. The maximum Gasteiger partial charge on any atom is 0.240 e. The molecule has 1 saturated heterocycles. The normalized spacial score (nSPS) is 16.3. The molecule has 0 amide bonds. The van der Waals surface area contributed by atoms with Crippen LogP contribution in [0.3, 0.4) is 0 Å². The van der Waals surface area contributed by atoms with Crippen molar-refractivity contribution in [1.29, 1.82) is 0 Å². The molecule has 1 fully saturated rings. The number of benzene rings is 1. The van der Waals surface area contributed by atoms with Gasteiger partial charge in [-0.1, -0.05) is 22.8 Å². The molecule has 0 spiro atoms. The van der Waals surface area contributed by atoms with Crippen molar-refractivity contribution >= 4 is 11.6 Å². The van der Waals surface area contributed by atoms with Crippen molar-refractivity contribution < 1.29 is 8.91 Å². The van der Waals surface area contributed by atoms with E-state index in [-0.39, 0.29) is 12.2 Å². The van der Waals surface area contributed by atoms with Crippen molar-refractivity contribution in [3.8, 4) is 0 Å². The van der Waals surface area contributed by atoms with Gasteiger partial charge in [-0.3, -0.25) is 4.90 Å². The minimum Gasteiger partial charge on any atom is -0.338 e. The fourth-order valence-corrected chi connectivity index (χ4v) is 2.58. The molecule has 0 saturated carbocycles. The Morgan fingerprint density at radius 3 is 2.90 bits per heavy atom. The molecule has 2 heterocycles. The zero-order valence-electron chi connectivity index (χ0n) is 11.5. The van der Waals surface area contributed by atoms with E-state index in [2.05, 4.69) is 20.4 Å². The molecule has 0 unspecified atom stereocenters.